The highest BCUT2D eigenvalue weighted by molar-refractivity contribution is 7.99. The number of carbonyl (C=O) groups excluding carboxylic acids is 1. The zero-order valence-corrected chi connectivity index (χ0v) is 20.2. The maximum absolute atomic E-state index is 11.6. The van der Waals surface area contributed by atoms with Crippen molar-refractivity contribution < 1.29 is 4.79 Å². The lowest BCUT2D eigenvalue weighted by atomic mass is 10.2. The van der Waals surface area contributed by atoms with Gasteiger partial charge in [0.1, 0.15) is 11.6 Å². The maximum atomic E-state index is 11.6. The summed E-state index contributed by atoms with van der Waals surface area (Å²) in [6, 6.07) is 12.2. The number of carbonyl (C=O) groups is 1. The molecule has 9 nitrogen and oxygen atoms in total. The number of likely N-dealkylation sites (N-methyl/N-ethyl adjacent to an activating group) is 1. The second-order valence-electron chi connectivity index (χ2n) is 8.34. The molecule has 1 atom stereocenters. The molecule has 1 aromatic carbocycles. The highest BCUT2D eigenvalue weighted by Gasteiger charge is 2.26. The smallest absolute Gasteiger partial charge is 0.224 e. The Morgan fingerprint density at radius 2 is 2.00 bits per heavy atom. The van der Waals surface area contributed by atoms with Crippen molar-refractivity contribution in [2.45, 2.75) is 42.8 Å². The minimum absolute atomic E-state index is 0.00241. The lowest BCUT2D eigenvalue weighted by molar-refractivity contribution is -0.115. The number of nitrogens with one attached hydrogen (secondary N) is 3. The van der Waals surface area contributed by atoms with Crippen molar-refractivity contribution in [1.29, 1.82) is 0 Å². The van der Waals surface area contributed by atoms with Gasteiger partial charge in [-0.3, -0.25) is 9.89 Å². The maximum Gasteiger partial charge on any atom is 0.224 e. The molecule has 3 heterocycles. The standard InChI is InChI=1S/C23H30N8OS/c1-5-22(32)24-16-6-8-18(9-7-16)33-23-26-19(25-20-12-15(2)28-29-20)13-21(27-23)31-11-10-17(14-31)30(3)4/h6-9,12-13,17H,5,10-11,14H2,1-4H3,(H,24,32)(H2,25,26,27,28,29)/t17-/m0/s1. The summed E-state index contributed by atoms with van der Waals surface area (Å²) in [6.45, 7) is 5.68. The van der Waals surface area contributed by atoms with E-state index in [0.29, 0.717) is 23.4 Å². The molecule has 0 spiro atoms. The summed E-state index contributed by atoms with van der Waals surface area (Å²) in [5, 5.41) is 14.0. The molecule has 0 bridgehead atoms. The average molecular weight is 467 g/mol. The molecule has 0 saturated carbocycles. The molecular formula is C23H30N8OS. The number of aromatic nitrogens is 4. The minimum Gasteiger partial charge on any atom is -0.355 e. The third-order valence-corrected chi connectivity index (χ3v) is 6.41. The van der Waals surface area contributed by atoms with Gasteiger partial charge in [-0.1, -0.05) is 6.92 Å². The summed E-state index contributed by atoms with van der Waals surface area (Å²) in [5.41, 5.74) is 1.76. The molecule has 1 amide bonds. The molecule has 4 rings (SSSR count). The zero-order chi connectivity index (χ0) is 23.4. The van der Waals surface area contributed by atoms with Crippen molar-refractivity contribution in [1.82, 2.24) is 25.1 Å². The van der Waals surface area contributed by atoms with E-state index in [2.05, 4.69) is 44.7 Å². The first-order chi connectivity index (χ1) is 15.9. The van der Waals surface area contributed by atoms with Gasteiger partial charge in [0.15, 0.2) is 11.0 Å². The summed E-state index contributed by atoms with van der Waals surface area (Å²) in [4.78, 5) is 26.8. The Bertz CT molecular complexity index is 1100. The second-order valence-corrected chi connectivity index (χ2v) is 9.38. The molecule has 174 valence electrons. The largest absolute Gasteiger partial charge is 0.355 e. The number of hydrogen-bond donors (Lipinski definition) is 3. The third kappa shape index (κ3) is 6.02. The summed E-state index contributed by atoms with van der Waals surface area (Å²) < 4.78 is 0. The van der Waals surface area contributed by atoms with Crippen LogP contribution in [0.4, 0.5) is 23.1 Å². The Morgan fingerprint density at radius 3 is 2.64 bits per heavy atom. The lowest BCUT2D eigenvalue weighted by Gasteiger charge is -2.21. The summed E-state index contributed by atoms with van der Waals surface area (Å²) in [7, 11) is 4.24. The number of hydrogen-bond acceptors (Lipinski definition) is 8. The number of H-pyrrole nitrogens is 1. The zero-order valence-electron chi connectivity index (χ0n) is 19.4. The normalized spacial score (nSPS) is 15.8. The van der Waals surface area contributed by atoms with Crippen LogP contribution < -0.4 is 15.5 Å². The molecule has 2 aromatic heterocycles. The quantitative estimate of drug-likeness (QED) is 0.430. The van der Waals surface area contributed by atoms with Gasteiger partial charge in [-0.25, -0.2) is 9.97 Å². The van der Waals surface area contributed by atoms with Gasteiger partial charge in [0.25, 0.3) is 0 Å². The van der Waals surface area contributed by atoms with Crippen molar-refractivity contribution in [2.75, 3.05) is 42.7 Å². The minimum atomic E-state index is -0.00241. The number of rotatable bonds is 8. The van der Waals surface area contributed by atoms with Crippen LogP contribution in [0.15, 0.2) is 46.5 Å². The predicted molar refractivity (Wildman–Crippen MR) is 132 cm³/mol. The van der Waals surface area contributed by atoms with E-state index >= 15 is 0 Å². The summed E-state index contributed by atoms with van der Waals surface area (Å²) >= 11 is 1.49. The highest BCUT2D eigenvalue weighted by Crippen LogP contribution is 2.31. The van der Waals surface area contributed by atoms with Crippen molar-refractivity contribution in [3.8, 4) is 0 Å². The first kappa shape index (κ1) is 23.1. The van der Waals surface area contributed by atoms with E-state index in [9.17, 15) is 4.79 Å². The van der Waals surface area contributed by atoms with Crippen molar-refractivity contribution in [3.63, 3.8) is 0 Å². The fraction of sp³-hybridized carbons (Fsp3) is 0.391. The number of aromatic amines is 1. The monoisotopic (exact) mass is 466 g/mol. The molecule has 1 fully saturated rings. The van der Waals surface area contributed by atoms with Gasteiger partial charge in [-0.15, -0.1) is 0 Å². The first-order valence-corrected chi connectivity index (χ1v) is 11.9. The molecular weight excluding hydrogens is 436 g/mol. The van der Waals surface area contributed by atoms with Crippen LogP contribution in [0.2, 0.25) is 0 Å². The van der Waals surface area contributed by atoms with E-state index in [-0.39, 0.29) is 5.91 Å². The molecule has 0 aliphatic carbocycles. The van der Waals surface area contributed by atoms with E-state index in [4.69, 9.17) is 9.97 Å². The highest BCUT2D eigenvalue weighted by atomic mass is 32.2. The number of nitrogens with zero attached hydrogens (tertiary/aromatic N) is 5. The average Bonchev–Trinajstić information content (AvgIpc) is 3.44. The Balaban J connectivity index is 1.56. The first-order valence-electron chi connectivity index (χ1n) is 11.1. The molecule has 1 aliphatic heterocycles. The van der Waals surface area contributed by atoms with Crippen LogP contribution in [0, 0.1) is 6.92 Å². The number of anilines is 4. The van der Waals surface area contributed by atoms with E-state index < -0.39 is 0 Å². The van der Waals surface area contributed by atoms with Gasteiger partial charge in [-0.05, 0) is 63.5 Å². The number of aryl methyl sites for hydroxylation is 1. The van der Waals surface area contributed by atoms with Crippen LogP contribution in [0.5, 0.6) is 0 Å². The van der Waals surface area contributed by atoms with Crippen molar-refractivity contribution in [2.24, 2.45) is 0 Å². The molecule has 3 aromatic rings. The van der Waals surface area contributed by atoms with Crippen molar-refractivity contribution in [3.05, 3.63) is 42.1 Å². The molecule has 1 saturated heterocycles. The van der Waals surface area contributed by atoms with Gasteiger partial charge in [-0.2, -0.15) is 5.10 Å². The second kappa shape index (κ2) is 10.2. The van der Waals surface area contributed by atoms with Gasteiger partial charge < -0.3 is 20.4 Å². The van der Waals surface area contributed by atoms with E-state index in [1.54, 1.807) is 0 Å². The number of amides is 1. The number of benzene rings is 1. The van der Waals surface area contributed by atoms with Gasteiger partial charge in [0.05, 0.1) is 0 Å². The summed E-state index contributed by atoms with van der Waals surface area (Å²) in [6.07, 6.45) is 1.55. The van der Waals surface area contributed by atoms with Gasteiger partial charge in [0, 0.05) is 54.0 Å². The topological polar surface area (TPSA) is 102 Å². The molecule has 1 aliphatic rings. The Hall–Kier alpha value is -3.11. The SMILES string of the molecule is CCC(=O)Nc1ccc(Sc2nc(Nc3cc(C)[nH]n3)cc(N3CC[C@H](N(C)C)C3)n2)cc1. The summed E-state index contributed by atoms with van der Waals surface area (Å²) in [5.74, 6) is 2.32. The van der Waals surface area contributed by atoms with Crippen LogP contribution in [-0.2, 0) is 4.79 Å². The van der Waals surface area contributed by atoms with Crippen LogP contribution in [-0.4, -0.2) is 64.2 Å². The lowest BCUT2D eigenvalue weighted by Crippen LogP contribution is -2.31. The molecule has 10 heteroatoms. The van der Waals surface area contributed by atoms with E-state index in [0.717, 1.165) is 47.4 Å². The van der Waals surface area contributed by atoms with Crippen molar-refractivity contribution >= 4 is 40.8 Å². The Morgan fingerprint density at radius 1 is 1.21 bits per heavy atom. The van der Waals surface area contributed by atoms with Crippen LogP contribution in [0.25, 0.3) is 0 Å². The van der Waals surface area contributed by atoms with Crippen LogP contribution in [0.1, 0.15) is 25.5 Å². The molecule has 0 unspecified atom stereocenters. The van der Waals surface area contributed by atoms with Crippen LogP contribution >= 0.6 is 11.8 Å². The van der Waals surface area contributed by atoms with Crippen LogP contribution in [0.3, 0.4) is 0 Å². The molecule has 0 radical (unpaired) electrons. The molecule has 3 N–H and O–H groups in total. The van der Waals surface area contributed by atoms with Gasteiger partial charge in [0.2, 0.25) is 5.91 Å². The third-order valence-electron chi connectivity index (χ3n) is 5.54. The molecule has 33 heavy (non-hydrogen) atoms. The Kier molecular flexibility index (Phi) is 7.14. The fourth-order valence-electron chi connectivity index (χ4n) is 3.63. The fourth-order valence-corrected chi connectivity index (χ4v) is 4.40. The van der Waals surface area contributed by atoms with Gasteiger partial charge >= 0.3 is 0 Å². The van der Waals surface area contributed by atoms with E-state index in [1.165, 1.54) is 11.8 Å². The van der Waals surface area contributed by atoms with E-state index in [1.807, 2.05) is 50.2 Å². The Labute approximate surface area is 198 Å². The predicted octanol–water partition coefficient (Wildman–Crippen LogP) is 3.89.